The number of nitrogens with zero attached hydrogens (tertiary/aromatic N) is 1. The zero-order valence-electron chi connectivity index (χ0n) is 25.3. The molecule has 45 heavy (non-hydrogen) atoms. The van der Waals surface area contributed by atoms with Crippen LogP contribution in [0.1, 0.15) is 25.0 Å². The third-order valence-corrected chi connectivity index (χ3v) is 9.61. The van der Waals surface area contributed by atoms with Gasteiger partial charge in [-0.15, -0.1) is 0 Å². The molecule has 0 radical (unpaired) electrons. The van der Waals surface area contributed by atoms with Crippen molar-refractivity contribution in [3.63, 3.8) is 0 Å². The highest BCUT2D eigenvalue weighted by Crippen LogP contribution is 2.56. The minimum atomic E-state index is -0.194. The maximum absolute atomic E-state index is 6.54. The standard InChI is InChI=1S/C43H31NO/c1-43(2)36-24-23-33(44(31-17-7-4-8-18-31)32-22-21-28-13-9-10-16-30(28)25-32)26-35(36)41-37(43)27-39-42(34-19-11-12-20-38(34)45-39)40(41)29-14-5-3-6-15-29/h3-27H,1-2H3. The Morgan fingerprint density at radius 3 is 1.98 bits per heavy atom. The molecule has 0 aliphatic heterocycles. The van der Waals surface area contributed by atoms with Crippen LogP contribution in [-0.2, 0) is 5.41 Å². The molecule has 0 spiro atoms. The Balaban J connectivity index is 1.35. The van der Waals surface area contributed by atoms with E-state index in [4.69, 9.17) is 4.42 Å². The van der Waals surface area contributed by atoms with Gasteiger partial charge in [-0.05, 0) is 87.1 Å². The molecule has 1 heterocycles. The summed E-state index contributed by atoms with van der Waals surface area (Å²) in [7, 11) is 0. The summed E-state index contributed by atoms with van der Waals surface area (Å²) in [6.45, 7) is 4.69. The van der Waals surface area contributed by atoms with Crippen LogP contribution in [0, 0.1) is 0 Å². The summed E-state index contributed by atoms with van der Waals surface area (Å²) in [5.74, 6) is 0. The second-order valence-corrected chi connectivity index (χ2v) is 12.6. The van der Waals surface area contributed by atoms with E-state index in [1.807, 2.05) is 0 Å². The SMILES string of the molecule is CC1(C)c2ccc(N(c3ccccc3)c3ccc4ccccc4c3)cc2-c2c1cc1oc3ccccc3c1c2-c1ccccc1. The summed E-state index contributed by atoms with van der Waals surface area (Å²) in [6.07, 6.45) is 0. The molecule has 214 valence electrons. The van der Waals surface area contributed by atoms with Gasteiger partial charge in [-0.2, -0.15) is 0 Å². The number of hydrogen-bond donors (Lipinski definition) is 0. The summed E-state index contributed by atoms with van der Waals surface area (Å²) < 4.78 is 6.54. The molecule has 0 N–H and O–H groups in total. The lowest BCUT2D eigenvalue weighted by molar-refractivity contribution is 0.647. The monoisotopic (exact) mass is 577 g/mol. The first-order chi connectivity index (χ1) is 22.1. The van der Waals surface area contributed by atoms with Crippen molar-refractivity contribution in [2.75, 3.05) is 4.90 Å². The first-order valence-electron chi connectivity index (χ1n) is 15.6. The van der Waals surface area contributed by atoms with Gasteiger partial charge in [-0.1, -0.05) is 117 Å². The molecular weight excluding hydrogens is 546 g/mol. The molecular formula is C43H31NO. The Kier molecular flexibility index (Phi) is 5.58. The predicted octanol–water partition coefficient (Wildman–Crippen LogP) is 12.2. The van der Waals surface area contributed by atoms with Crippen molar-refractivity contribution >= 4 is 49.8 Å². The maximum Gasteiger partial charge on any atom is 0.136 e. The predicted molar refractivity (Wildman–Crippen MR) is 189 cm³/mol. The van der Waals surface area contributed by atoms with Crippen LogP contribution < -0.4 is 4.90 Å². The van der Waals surface area contributed by atoms with E-state index in [0.717, 1.165) is 33.6 Å². The van der Waals surface area contributed by atoms with Crippen molar-refractivity contribution in [2.45, 2.75) is 19.3 Å². The van der Waals surface area contributed by atoms with Gasteiger partial charge in [-0.25, -0.2) is 0 Å². The summed E-state index contributed by atoms with van der Waals surface area (Å²) in [4.78, 5) is 2.38. The number of para-hydroxylation sites is 2. The fourth-order valence-corrected chi connectivity index (χ4v) is 7.46. The molecule has 7 aromatic carbocycles. The molecule has 2 heteroatoms. The molecule has 2 nitrogen and oxygen atoms in total. The lowest BCUT2D eigenvalue weighted by Crippen LogP contribution is -2.15. The number of rotatable bonds is 4. The van der Waals surface area contributed by atoms with Crippen molar-refractivity contribution in [1.82, 2.24) is 0 Å². The van der Waals surface area contributed by atoms with Crippen molar-refractivity contribution < 1.29 is 4.42 Å². The third kappa shape index (κ3) is 3.89. The van der Waals surface area contributed by atoms with E-state index >= 15 is 0 Å². The molecule has 8 aromatic rings. The smallest absolute Gasteiger partial charge is 0.136 e. The fraction of sp³-hybridized carbons (Fsp3) is 0.0698. The van der Waals surface area contributed by atoms with Gasteiger partial charge in [0.1, 0.15) is 11.2 Å². The quantitative estimate of drug-likeness (QED) is 0.207. The zero-order valence-corrected chi connectivity index (χ0v) is 25.3. The number of furan rings is 1. The first kappa shape index (κ1) is 25.9. The van der Waals surface area contributed by atoms with Gasteiger partial charge in [0.2, 0.25) is 0 Å². The molecule has 0 fully saturated rings. The first-order valence-corrected chi connectivity index (χ1v) is 15.6. The number of fused-ring (bicyclic) bond motifs is 7. The zero-order chi connectivity index (χ0) is 30.1. The van der Waals surface area contributed by atoms with Crippen molar-refractivity contribution in [1.29, 1.82) is 0 Å². The Morgan fingerprint density at radius 1 is 0.489 bits per heavy atom. The van der Waals surface area contributed by atoms with Crippen LogP contribution in [0.4, 0.5) is 17.1 Å². The van der Waals surface area contributed by atoms with E-state index in [-0.39, 0.29) is 5.41 Å². The highest BCUT2D eigenvalue weighted by molar-refractivity contribution is 6.17. The molecule has 1 aromatic heterocycles. The number of hydrogen-bond acceptors (Lipinski definition) is 2. The van der Waals surface area contributed by atoms with E-state index in [1.165, 1.54) is 49.5 Å². The van der Waals surface area contributed by atoms with Crippen LogP contribution in [0.5, 0.6) is 0 Å². The Labute approximate surface area is 262 Å². The van der Waals surface area contributed by atoms with Crippen LogP contribution in [0.15, 0.2) is 156 Å². The molecule has 9 rings (SSSR count). The van der Waals surface area contributed by atoms with E-state index in [1.54, 1.807) is 0 Å². The average molecular weight is 578 g/mol. The van der Waals surface area contributed by atoms with E-state index < -0.39 is 0 Å². The summed E-state index contributed by atoms with van der Waals surface area (Å²) in [6, 6.07) is 54.6. The van der Waals surface area contributed by atoms with Gasteiger partial charge in [-0.3, -0.25) is 0 Å². The molecule has 1 aliphatic rings. The van der Waals surface area contributed by atoms with Crippen molar-refractivity contribution in [3.8, 4) is 22.3 Å². The lowest BCUT2D eigenvalue weighted by atomic mass is 9.81. The second kappa shape index (κ2) is 9.70. The normalized spacial score (nSPS) is 13.3. The minimum Gasteiger partial charge on any atom is -0.456 e. The van der Waals surface area contributed by atoms with Crippen LogP contribution in [0.2, 0.25) is 0 Å². The van der Waals surface area contributed by atoms with Gasteiger partial charge < -0.3 is 9.32 Å². The van der Waals surface area contributed by atoms with Gasteiger partial charge in [0.15, 0.2) is 0 Å². The lowest BCUT2D eigenvalue weighted by Gasteiger charge is -2.27. The van der Waals surface area contributed by atoms with Gasteiger partial charge >= 0.3 is 0 Å². The molecule has 0 unspecified atom stereocenters. The van der Waals surface area contributed by atoms with Crippen molar-refractivity contribution in [3.05, 3.63) is 163 Å². The Morgan fingerprint density at radius 2 is 1.16 bits per heavy atom. The molecule has 0 atom stereocenters. The largest absolute Gasteiger partial charge is 0.456 e. The average Bonchev–Trinajstić information content (AvgIpc) is 3.56. The number of anilines is 3. The van der Waals surface area contributed by atoms with Gasteiger partial charge in [0, 0.05) is 38.8 Å². The van der Waals surface area contributed by atoms with Crippen LogP contribution in [-0.4, -0.2) is 0 Å². The summed E-state index contributed by atoms with van der Waals surface area (Å²) >= 11 is 0. The van der Waals surface area contributed by atoms with Crippen LogP contribution in [0.3, 0.4) is 0 Å². The van der Waals surface area contributed by atoms with Crippen molar-refractivity contribution in [2.24, 2.45) is 0 Å². The highest BCUT2D eigenvalue weighted by Gasteiger charge is 2.39. The molecule has 0 bridgehead atoms. The van der Waals surface area contributed by atoms with E-state index in [9.17, 15) is 0 Å². The summed E-state index contributed by atoms with van der Waals surface area (Å²) in [5, 5.41) is 4.80. The van der Waals surface area contributed by atoms with Crippen LogP contribution >= 0.6 is 0 Å². The Bertz CT molecular complexity index is 2400. The minimum absolute atomic E-state index is 0.194. The van der Waals surface area contributed by atoms with E-state index in [0.29, 0.717) is 0 Å². The molecule has 0 amide bonds. The van der Waals surface area contributed by atoms with Gasteiger partial charge in [0.05, 0.1) is 0 Å². The topological polar surface area (TPSA) is 16.4 Å². The number of benzene rings is 7. The maximum atomic E-state index is 6.54. The van der Waals surface area contributed by atoms with Crippen LogP contribution in [0.25, 0.3) is 55.0 Å². The molecule has 0 saturated carbocycles. The summed E-state index contributed by atoms with van der Waals surface area (Å²) in [5.41, 5.74) is 12.7. The Hall–Kier alpha value is -5.60. The fourth-order valence-electron chi connectivity index (χ4n) is 7.46. The second-order valence-electron chi connectivity index (χ2n) is 12.6. The van der Waals surface area contributed by atoms with Gasteiger partial charge in [0.25, 0.3) is 0 Å². The third-order valence-electron chi connectivity index (χ3n) is 9.61. The molecule has 1 aliphatic carbocycles. The molecule has 0 saturated heterocycles. The highest BCUT2D eigenvalue weighted by atomic mass is 16.3. The van der Waals surface area contributed by atoms with E-state index in [2.05, 4.69) is 170 Å².